The molecule has 82 heavy (non-hydrogen) atoms. The number of anilines is 3. The van der Waals surface area contributed by atoms with E-state index in [0.29, 0.717) is 71.3 Å². The number of amides is 8. The summed E-state index contributed by atoms with van der Waals surface area (Å²) in [5.41, 5.74) is 2.53. The number of aliphatic carboxylic acids is 1. The predicted molar refractivity (Wildman–Crippen MR) is 290 cm³/mol. The highest BCUT2D eigenvalue weighted by Gasteiger charge is 2.48. The number of urea groups is 1. The summed E-state index contributed by atoms with van der Waals surface area (Å²) in [6.45, 7) is 3.48. The fourth-order valence-electron chi connectivity index (χ4n) is 8.53. The number of likely N-dealkylation sites (tertiary alicyclic amines) is 1. The maximum atomic E-state index is 13.3. The van der Waals surface area contributed by atoms with Crippen LogP contribution < -0.4 is 31.3 Å². The van der Waals surface area contributed by atoms with Crippen LogP contribution in [0.5, 0.6) is 5.75 Å². The number of aromatic nitrogens is 2. The van der Waals surface area contributed by atoms with Gasteiger partial charge in [-0.2, -0.15) is 5.10 Å². The predicted octanol–water partition coefficient (Wildman–Crippen LogP) is 2.42. The quantitative estimate of drug-likeness (QED) is 0.0306. The highest BCUT2D eigenvalue weighted by atomic mass is 35.5. The summed E-state index contributed by atoms with van der Waals surface area (Å²) in [6, 6.07) is 17.3. The number of carboxylic acid groups (broad SMARTS) is 1. The van der Waals surface area contributed by atoms with Crippen molar-refractivity contribution in [1.82, 2.24) is 30.2 Å². The molecule has 0 aliphatic carbocycles. The van der Waals surface area contributed by atoms with Crippen LogP contribution >= 0.6 is 11.6 Å². The number of aliphatic hydroxyl groups is 3. The lowest BCUT2D eigenvalue weighted by Crippen LogP contribution is -2.61. The molecule has 1 aromatic heterocycles. The number of hydrogen-bond donors (Lipinski definition) is 9. The number of ether oxygens (including phenoxy) is 6. The van der Waals surface area contributed by atoms with Gasteiger partial charge in [-0.05, 0) is 73.7 Å². The van der Waals surface area contributed by atoms with Crippen molar-refractivity contribution in [2.75, 3.05) is 88.3 Å². The zero-order chi connectivity index (χ0) is 58.7. The van der Waals surface area contributed by atoms with Crippen LogP contribution in [0, 0.1) is 5.92 Å². The third-order valence-corrected chi connectivity index (χ3v) is 13.4. The van der Waals surface area contributed by atoms with E-state index in [4.69, 9.17) is 40.0 Å². The summed E-state index contributed by atoms with van der Waals surface area (Å²) >= 11 is 6.14. The number of piperidine rings is 1. The first-order valence-corrected chi connectivity index (χ1v) is 26.5. The maximum Gasteiger partial charge on any atom is 0.410 e. The van der Waals surface area contributed by atoms with Gasteiger partial charge >= 0.3 is 18.1 Å². The Morgan fingerprint density at radius 1 is 0.780 bits per heavy atom. The fourth-order valence-corrected chi connectivity index (χ4v) is 8.71. The number of nitrogens with zero attached hydrogens (tertiary/aromatic N) is 4. The number of aliphatic hydroxyl groups excluding tert-OH is 3. The van der Waals surface area contributed by atoms with Crippen LogP contribution in [0.25, 0.3) is 5.69 Å². The van der Waals surface area contributed by atoms with Crippen molar-refractivity contribution in [2.45, 2.75) is 69.9 Å². The molecule has 0 unspecified atom stereocenters. The topological polar surface area (TPSA) is 357 Å². The standard InChI is InChI=1S/C54H64ClN9O18/c1-32-25-44(67)63(50(32)72)18-20-78-22-24-79-23-21-77-19-14-42(65)56-15-11-43(66)60-40-26-34(9-10-41(40)81-52-47(70)45(68)46(69)48(82-52)51(73)74)31-80-54(76)62-16-12-33(13-17-62)28-57-49(71)35-5-4-6-37(27-35)64-30-36(29-58-64)59-53(75)61-39-8-3-2-7-38(39)55/h2-10,25-27,29-30,33,45-48,52,68-70H,11-24,28,31H2,1H3,(H,56,65)(H,57,71)(H,60,66)(H,73,74)(H2,59,61,75)/t45-,46-,47+,48-,52+/m0/s1. The summed E-state index contributed by atoms with van der Waals surface area (Å²) in [5.74, 6) is -3.78. The van der Waals surface area contributed by atoms with E-state index in [9.17, 15) is 58.8 Å². The zero-order valence-corrected chi connectivity index (χ0v) is 45.3. The second kappa shape index (κ2) is 30.2. The van der Waals surface area contributed by atoms with Crippen LogP contribution in [0.3, 0.4) is 0 Å². The Labute approximate surface area is 474 Å². The molecule has 3 aliphatic rings. The Hall–Kier alpha value is -8.02. The number of para-hydroxylation sites is 1. The number of rotatable bonds is 27. The third-order valence-electron chi connectivity index (χ3n) is 13.0. The molecule has 7 rings (SSSR count). The molecule has 28 heteroatoms. The fraction of sp³-hybridized carbons (Fsp3) is 0.426. The van der Waals surface area contributed by atoms with Crippen LogP contribution in [-0.2, 0) is 54.3 Å². The number of carbonyl (C=O) groups excluding carboxylic acids is 7. The highest BCUT2D eigenvalue weighted by molar-refractivity contribution is 6.33. The molecule has 2 saturated heterocycles. The summed E-state index contributed by atoms with van der Waals surface area (Å²) in [4.78, 5) is 103. The second-order valence-electron chi connectivity index (χ2n) is 19.0. The van der Waals surface area contributed by atoms with Crippen molar-refractivity contribution in [3.8, 4) is 11.4 Å². The molecule has 4 aromatic rings. The lowest BCUT2D eigenvalue weighted by atomic mass is 9.97. The molecule has 0 bridgehead atoms. The van der Waals surface area contributed by atoms with Gasteiger partial charge in [0.05, 0.1) is 86.4 Å². The second-order valence-corrected chi connectivity index (χ2v) is 19.4. The number of imide groups is 1. The minimum atomic E-state index is -1.99. The number of carboxylic acids is 1. The Morgan fingerprint density at radius 2 is 1.51 bits per heavy atom. The molecule has 0 spiro atoms. The molecule has 3 aliphatic heterocycles. The minimum absolute atomic E-state index is 0.0203. The number of carbonyl (C=O) groups is 8. The van der Waals surface area contributed by atoms with Crippen molar-refractivity contribution in [2.24, 2.45) is 5.92 Å². The van der Waals surface area contributed by atoms with Gasteiger partial charge in [0, 0.05) is 56.2 Å². The molecule has 27 nitrogen and oxygen atoms in total. The van der Waals surface area contributed by atoms with Crippen molar-refractivity contribution in [3.05, 3.63) is 107 Å². The summed E-state index contributed by atoms with van der Waals surface area (Å²) in [7, 11) is 0. The largest absolute Gasteiger partial charge is 0.479 e. The van der Waals surface area contributed by atoms with Gasteiger partial charge < -0.3 is 80.3 Å². The smallest absolute Gasteiger partial charge is 0.410 e. The molecular weight excluding hydrogens is 1100 g/mol. The van der Waals surface area contributed by atoms with Gasteiger partial charge in [0.2, 0.25) is 18.1 Å². The molecule has 3 aromatic carbocycles. The Kier molecular flexibility index (Phi) is 22.7. The average Bonchev–Trinajstić information content (AvgIpc) is 4.07. The van der Waals surface area contributed by atoms with Crippen LogP contribution in [-0.4, -0.2) is 191 Å². The van der Waals surface area contributed by atoms with E-state index in [0.717, 1.165) is 4.90 Å². The lowest BCUT2D eigenvalue weighted by Gasteiger charge is -2.38. The summed E-state index contributed by atoms with van der Waals surface area (Å²) in [5, 5.41) is 59.0. The van der Waals surface area contributed by atoms with Gasteiger partial charge in [-0.15, -0.1) is 0 Å². The summed E-state index contributed by atoms with van der Waals surface area (Å²) in [6.07, 6.45) is -5.08. The number of halogens is 1. The Morgan fingerprint density at radius 3 is 2.23 bits per heavy atom. The zero-order valence-electron chi connectivity index (χ0n) is 44.5. The van der Waals surface area contributed by atoms with Crippen molar-refractivity contribution in [1.29, 1.82) is 0 Å². The van der Waals surface area contributed by atoms with Gasteiger partial charge in [-0.3, -0.25) is 28.9 Å². The molecule has 5 atom stereocenters. The van der Waals surface area contributed by atoms with Gasteiger partial charge in [-0.25, -0.2) is 19.1 Å². The minimum Gasteiger partial charge on any atom is -0.479 e. The number of nitrogens with one attached hydrogen (secondary N) is 5. The maximum absolute atomic E-state index is 13.3. The lowest BCUT2D eigenvalue weighted by molar-refractivity contribution is -0.271. The molecule has 9 N–H and O–H groups in total. The molecule has 0 saturated carbocycles. The van der Waals surface area contributed by atoms with Gasteiger partial charge in [0.15, 0.2) is 6.10 Å². The Bertz CT molecular complexity index is 2950. The van der Waals surface area contributed by atoms with E-state index >= 15 is 0 Å². The number of benzene rings is 3. The van der Waals surface area contributed by atoms with Crippen LogP contribution in [0.2, 0.25) is 5.02 Å². The highest BCUT2D eigenvalue weighted by Crippen LogP contribution is 2.32. The third kappa shape index (κ3) is 17.7. The molecule has 440 valence electrons. The van der Waals surface area contributed by atoms with E-state index in [1.54, 1.807) is 61.7 Å². The van der Waals surface area contributed by atoms with Gasteiger partial charge in [0.25, 0.3) is 17.7 Å². The number of hydrogen-bond acceptors (Lipinski definition) is 18. The van der Waals surface area contributed by atoms with Gasteiger partial charge in [-0.1, -0.05) is 35.9 Å². The van der Waals surface area contributed by atoms with Crippen LogP contribution in [0.4, 0.5) is 26.7 Å². The summed E-state index contributed by atoms with van der Waals surface area (Å²) < 4.78 is 34.5. The van der Waals surface area contributed by atoms with E-state index in [1.165, 1.54) is 40.1 Å². The molecule has 2 fully saturated rings. The first-order chi connectivity index (χ1) is 39.4. The van der Waals surface area contributed by atoms with Crippen molar-refractivity contribution in [3.63, 3.8) is 0 Å². The monoisotopic (exact) mass is 1160 g/mol. The van der Waals surface area contributed by atoms with E-state index in [1.807, 2.05) is 0 Å². The van der Waals surface area contributed by atoms with Crippen molar-refractivity contribution >= 4 is 76.3 Å². The first kappa shape index (κ1) is 61.6. The van der Waals surface area contributed by atoms with E-state index < -0.39 is 60.6 Å². The normalized spacial score (nSPS) is 19.0. The molecule has 0 radical (unpaired) electrons. The van der Waals surface area contributed by atoms with E-state index in [-0.39, 0.29) is 107 Å². The first-order valence-electron chi connectivity index (χ1n) is 26.2. The van der Waals surface area contributed by atoms with E-state index in [2.05, 4.69) is 31.7 Å². The average molecular weight is 1160 g/mol. The van der Waals surface area contributed by atoms with Crippen molar-refractivity contribution < 1.29 is 87.2 Å². The van der Waals surface area contributed by atoms with Crippen LogP contribution in [0.1, 0.15) is 48.5 Å². The molecular formula is C54H64ClN9O18. The van der Waals surface area contributed by atoms with Crippen LogP contribution in [0.15, 0.2) is 90.8 Å². The SMILES string of the molecule is CC1=CC(=O)N(CCOCCOCCOCCC(=O)NCCC(=O)Nc2cc(COC(=O)N3CCC(CNC(=O)c4cccc(-n5cc(NC(=O)Nc6ccccc6Cl)cn5)c4)CC3)ccc2O[C@@H]2O[C@H](C(=O)O)[C@@H](O)[C@H](O)[C@H]2O)C1=O. The molecule has 8 amide bonds. The molecule has 4 heterocycles. The van der Waals surface area contributed by atoms with Gasteiger partial charge in [0.1, 0.15) is 30.7 Å². The Balaban J connectivity index is 0.824.